The molecule has 0 heterocycles. The molecule has 2 aliphatic rings. The third kappa shape index (κ3) is 12.2. The van der Waals surface area contributed by atoms with Crippen LogP contribution in [-0.4, -0.2) is 51.7 Å². The lowest BCUT2D eigenvalue weighted by molar-refractivity contribution is -0.147. The number of esters is 1. The average Bonchev–Trinajstić information content (AvgIpc) is 3.51. The van der Waals surface area contributed by atoms with E-state index in [9.17, 15) is 9.59 Å². The Labute approximate surface area is 269 Å². The molecule has 6 N–H and O–H groups in total. The SMILES string of the molecule is CO.COC(=O)[C@@]1(N)CC[C@H](c2ccc(Br)cc2)C1.Cl.N[C@]1(C(=O)O)CC[C@H](c2ccc(Br)cc2)C1.O=S(Cl)Cl. The molecule has 14 heteroatoms. The third-order valence-electron chi connectivity index (χ3n) is 6.80. The maximum atomic E-state index is 11.6. The number of hydrogen-bond donors (Lipinski definition) is 4. The molecular formula is C26H35Br2Cl3N2O6S. The van der Waals surface area contributed by atoms with E-state index in [2.05, 4.69) is 65.4 Å². The number of carbonyl (C=O) groups is 2. The average molecular weight is 770 g/mol. The molecule has 0 aromatic heterocycles. The summed E-state index contributed by atoms with van der Waals surface area (Å²) in [6.07, 6.45) is 4.24. The van der Waals surface area contributed by atoms with Gasteiger partial charge in [0.05, 0.1) is 7.11 Å². The van der Waals surface area contributed by atoms with Gasteiger partial charge in [-0.2, -0.15) is 0 Å². The first-order valence-electron chi connectivity index (χ1n) is 11.9. The number of carbonyl (C=O) groups excluding carboxylic acids is 1. The predicted octanol–water partition coefficient (Wildman–Crippen LogP) is 6.16. The molecule has 2 aromatic rings. The van der Waals surface area contributed by atoms with Crippen LogP contribution in [0.5, 0.6) is 0 Å². The van der Waals surface area contributed by atoms with Gasteiger partial charge in [-0.05, 0) is 85.8 Å². The minimum Gasteiger partial charge on any atom is -0.480 e. The van der Waals surface area contributed by atoms with E-state index in [1.807, 2.05) is 36.4 Å². The molecule has 4 atom stereocenters. The van der Waals surface area contributed by atoms with E-state index in [0.29, 0.717) is 31.6 Å². The standard InChI is InChI=1S/C13H16BrNO2.C12H14BrNO2.CH4O.Cl2OS.ClH/c1-17-12(16)13(15)7-6-10(8-13)9-2-4-11(14)5-3-9;13-10-3-1-8(2-4-10)9-5-6-12(14,7-9)11(15)16;1-2;1-4(2)3;/h2-5,10H,6-8,15H2,1H3;1-4,9H,5-7,14H2,(H,15,16);2H,1H3;;1H/t10-,13+;9-,12+;;;/m00.../s1. The highest BCUT2D eigenvalue weighted by Crippen LogP contribution is 2.41. The van der Waals surface area contributed by atoms with Crippen molar-refractivity contribution >= 4 is 86.8 Å². The number of carboxylic acids is 1. The Kier molecular flexibility index (Phi) is 18.4. The number of aliphatic hydroxyl groups is 1. The zero-order valence-corrected chi connectivity index (χ0v) is 28.3. The van der Waals surface area contributed by atoms with Gasteiger partial charge in [0.1, 0.15) is 11.1 Å². The van der Waals surface area contributed by atoms with E-state index in [1.165, 1.54) is 18.2 Å². The van der Waals surface area contributed by atoms with Gasteiger partial charge in [0.25, 0.3) is 0 Å². The monoisotopic (exact) mass is 766 g/mol. The quantitative estimate of drug-likeness (QED) is 0.213. The van der Waals surface area contributed by atoms with Crippen molar-refractivity contribution in [3.8, 4) is 0 Å². The zero-order chi connectivity index (χ0) is 29.8. The molecule has 0 aliphatic heterocycles. The lowest BCUT2D eigenvalue weighted by atomic mass is 9.93. The van der Waals surface area contributed by atoms with E-state index in [1.54, 1.807) is 0 Å². The Morgan fingerprint density at radius 2 is 1.20 bits per heavy atom. The normalized spacial score (nSPS) is 24.6. The summed E-state index contributed by atoms with van der Waals surface area (Å²) >= 11 is 6.79. The fraction of sp³-hybridized carbons (Fsp3) is 0.462. The number of rotatable bonds is 4. The van der Waals surface area contributed by atoms with Crippen LogP contribution in [0, 0.1) is 0 Å². The van der Waals surface area contributed by atoms with Gasteiger partial charge in [0.15, 0.2) is 0 Å². The molecule has 40 heavy (non-hydrogen) atoms. The maximum Gasteiger partial charge on any atom is 0.325 e. The Balaban J connectivity index is 0.000000624. The molecule has 0 radical (unpaired) electrons. The second kappa shape index (κ2) is 18.7. The molecule has 2 saturated carbocycles. The van der Waals surface area contributed by atoms with Gasteiger partial charge in [-0.25, -0.2) is 4.21 Å². The van der Waals surface area contributed by atoms with Gasteiger partial charge in [0.2, 0.25) is 9.23 Å². The Hall–Kier alpha value is -0.760. The van der Waals surface area contributed by atoms with E-state index in [-0.39, 0.29) is 24.3 Å². The number of nitrogens with two attached hydrogens (primary N) is 2. The van der Waals surface area contributed by atoms with Gasteiger partial charge in [0, 0.05) is 37.4 Å². The van der Waals surface area contributed by atoms with Crippen molar-refractivity contribution in [2.24, 2.45) is 11.5 Å². The van der Waals surface area contributed by atoms with Crippen LogP contribution in [0.4, 0.5) is 0 Å². The number of hydrogen-bond acceptors (Lipinski definition) is 7. The van der Waals surface area contributed by atoms with E-state index in [0.717, 1.165) is 28.9 Å². The number of methoxy groups -OCH3 is 1. The molecule has 2 fully saturated rings. The lowest BCUT2D eigenvalue weighted by Crippen LogP contribution is -2.46. The summed E-state index contributed by atoms with van der Waals surface area (Å²) in [5.41, 5.74) is 12.5. The van der Waals surface area contributed by atoms with Crippen molar-refractivity contribution in [2.45, 2.75) is 61.4 Å². The third-order valence-corrected chi connectivity index (χ3v) is 7.86. The van der Waals surface area contributed by atoms with Crippen LogP contribution in [-0.2, 0) is 23.6 Å². The van der Waals surface area contributed by atoms with Crippen LogP contribution in [0.1, 0.15) is 61.5 Å². The van der Waals surface area contributed by atoms with Crippen molar-refractivity contribution in [1.29, 1.82) is 0 Å². The summed E-state index contributed by atoms with van der Waals surface area (Å²) in [6.45, 7) is 0. The maximum absolute atomic E-state index is 11.6. The fourth-order valence-corrected chi connectivity index (χ4v) is 5.30. The largest absolute Gasteiger partial charge is 0.480 e. The summed E-state index contributed by atoms with van der Waals surface area (Å²) in [5.74, 6) is -0.550. The number of carboxylic acid groups (broad SMARTS) is 1. The van der Waals surface area contributed by atoms with E-state index < -0.39 is 26.3 Å². The zero-order valence-electron chi connectivity index (χ0n) is 22.0. The van der Waals surface area contributed by atoms with Crippen LogP contribution in [0.2, 0.25) is 0 Å². The second-order valence-electron chi connectivity index (χ2n) is 9.28. The van der Waals surface area contributed by atoms with Crippen LogP contribution < -0.4 is 11.5 Å². The summed E-state index contributed by atoms with van der Waals surface area (Å²) in [4.78, 5) is 22.6. The minimum atomic E-state index is -1.67. The number of ether oxygens (including phenoxy) is 1. The Bertz CT molecular complexity index is 1100. The number of aliphatic carboxylic acids is 1. The molecule has 0 amide bonds. The summed E-state index contributed by atoms with van der Waals surface area (Å²) in [5, 5.41) is 16.0. The molecular weight excluding hydrogens is 735 g/mol. The van der Waals surface area contributed by atoms with Gasteiger partial charge in [-0.15, -0.1) is 12.4 Å². The summed E-state index contributed by atoms with van der Waals surface area (Å²) in [7, 11) is 9.75. The van der Waals surface area contributed by atoms with Gasteiger partial charge < -0.3 is 26.4 Å². The van der Waals surface area contributed by atoms with Crippen LogP contribution >= 0.6 is 65.6 Å². The molecule has 8 nitrogen and oxygen atoms in total. The highest BCUT2D eigenvalue weighted by atomic mass is 79.9. The van der Waals surface area contributed by atoms with Crippen molar-refractivity contribution < 1.29 is 28.7 Å². The molecule has 0 bridgehead atoms. The molecule has 0 spiro atoms. The first-order valence-corrected chi connectivity index (χ1v) is 16.3. The number of benzene rings is 2. The summed E-state index contributed by atoms with van der Waals surface area (Å²) in [6, 6.07) is 16.2. The van der Waals surface area contributed by atoms with Crippen molar-refractivity contribution in [2.75, 3.05) is 14.2 Å². The Morgan fingerprint density at radius 1 is 0.875 bits per heavy atom. The fourth-order valence-electron chi connectivity index (χ4n) is 4.77. The van der Waals surface area contributed by atoms with Crippen molar-refractivity contribution in [3.63, 3.8) is 0 Å². The molecule has 2 aliphatic carbocycles. The highest BCUT2D eigenvalue weighted by molar-refractivity contribution is 9.10. The van der Waals surface area contributed by atoms with Gasteiger partial charge in [-0.1, -0.05) is 56.1 Å². The van der Waals surface area contributed by atoms with E-state index >= 15 is 0 Å². The molecule has 4 rings (SSSR count). The van der Waals surface area contributed by atoms with Crippen LogP contribution in [0.25, 0.3) is 0 Å². The summed E-state index contributed by atoms with van der Waals surface area (Å²) < 4.78 is 16.0. The molecule has 2 aromatic carbocycles. The van der Waals surface area contributed by atoms with Gasteiger partial charge in [-0.3, -0.25) is 9.59 Å². The molecule has 226 valence electrons. The van der Waals surface area contributed by atoms with Crippen molar-refractivity contribution in [1.82, 2.24) is 0 Å². The predicted molar refractivity (Wildman–Crippen MR) is 170 cm³/mol. The Morgan fingerprint density at radius 3 is 1.50 bits per heavy atom. The van der Waals surface area contributed by atoms with Gasteiger partial charge >= 0.3 is 11.9 Å². The smallest absolute Gasteiger partial charge is 0.325 e. The highest BCUT2D eigenvalue weighted by Gasteiger charge is 2.43. The molecule has 0 unspecified atom stereocenters. The van der Waals surface area contributed by atoms with E-state index in [4.69, 9.17) is 30.6 Å². The topological polar surface area (TPSA) is 153 Å². The first kappa shape index (κ1) is 39.2. The molecule has 0 saturated heterocycles. The lowest BCUT2D eigenvalue weighted by Gasteiger charge is -2.20. The van der Waals surface area contributed by atoms with Crippen LogP contribution in [0.3, 0.4) is 0 Å². The second-order valence-corrected chi connectivity index (χ2v) is 13.6. The minimum absolute atomic E-state index is 0. The number of halogens is 5. The van der Waals surface area contributed by atoms with Crippen LogP contribution in [0.15, 0.2) is 57.5 Å². The number of aliphatic hydroxyl groups excluding tert-OH is 1. The first-order chi connectivity index (χ1) is 18.3. The van der Waals surface area contributed by atoms with Crippen molar-refractivity contribution in [3.05, 3.63) is 68.6 Å².